The van der Waals surface area contributed by atoms with Crippen molar-refractivity contribution in [3.63, 3.8) is 0 Å². The van der Waals surface area contributed by atoms with E-state index in [1.807, 2.05) is 36.4 Å². The Kier molecular flexibility index (Phi) is 8.80. The molecule has 164 valence electrons. The van der Waals surface area contributed by atoms with E-state index >= 15 is 0 Å². The van der Waals surface area contributed by atoms with Crippen LogP contribution in [0, 0.1) is 20.8 Å². The van der Waals surface area contributed by atoms with E-state index in [2.05, 4.69) is 62.1 Å². The molecule has 3 rings (SSSR count). The van der Waals surface area contributed by atoms with E-state index in [1.54, 1.807) is 0 Å². The number of rotatable bonds is 12. The lowest BCUT2D eigenvalue weighted by molar-refractivity contribution is 0.153. The van der Waals surface area contributed by atoms with Gasteiger partial charge in [0, 0.05) is 19.6 Å². The number of aryl methyl sites for hydroxylation is 3. The van der Waals surface area contributed by atoms with Gasteiger partial charge in [0.25, 0.3) is 0 Å². The van der Waals surface area contributed by atoms with Crippen molar-refractivity contribution in [1.82, 2.24) is 4.90 Å². The summed E-state index contributed by atoms with van der Waals surface area (Å²) in [6, 6.07) is 24.5. The molecule has 0 spiro atoms. The van der Waals surface area contributed by atoms with Gasteiger partial charge in [0.05, 0.1) is 0 Å². The highest BCUT2D eigenvalue weighted by atomic mass is 16.5. The molecule has 0 unspecified atom stereocenters. The summed E-state index contributed by atoms with van der Waals surface area (Å²) in [6.07, 6.45) is 0. The van der Waals surface area contributed by atoms with Crippen LogP contribution in [0.15, 0.2) is 72.8 Å². The minimum absolute atomic E-state index is 0.623. The summed E-state index contributed by atoms with van der Waals surface area (Å²) in [7, 11) is 0. The zero-order valence-electron chi connectivity index (χ0n) is 18.8. The van der Waals surface area contributed by atoms with E-state index in [0.29, 0.717) is 19.8 Å². The monoisotopic (exact) mass is 419 g/mol. The highest BCUT2D eigenvalue weighted by Crippen LogP contribution is 2.13. The third-order valence-electron chi connectivity index (χ3n) is 5.09. The second-order valence-corrected chi connectivity index (χ2v) is 7.83. The van der Waals surface area contributed by atoms with Crippen LogP contribution in [0.5, 0.6) is 17.2 Å². The SMILES string of the molecule is Cc1ccc(OCCN(CCOc2ccc(C)cc2)CCOc2ccc(C)cc2)cc1. The third-order valence-corrected chi connectivity index (χ3v) is 5.09. The standard InChI is InChI=1S/C27H33NO3/c1-22-4-10-25(11-5-22)29-19-16-28(17-20-30-26-12-6-23(2)7-13-26)18-21-31-27-14-8-24(3)9-15-27/h4-15H,16-21H2,1-3H3. The lowest BCUT2D eigenvalue weighted by Gasteiger charge is -2.22. The zero-order valence-corrected chi connectivity index (χ0v) is 18.8. The Bertz CT molecular complexity index is 767. The van der Waals surface area contributed by atoms with Crippen LogP contribution in [-0.2, 0) is 0 Å². The van der Waals surface area contributed by atoms with E-state index in [4.69, 9.17) is 14.2 Å². The van der Waals surface area contributed by atoms with Gasteiger partial charge in [-0.2, -0.15) is 0 Å². The number of nitrogens with zero attached hydrogens (tertiary/aromatic N) is 1. The maximum Gasteiger partial charge on any atom is 0.119 e. The van der Waals surface area contributed by atoms with E-state index in [9.17, 15) is 0 Å². The van der Waals surface area contributed by atoms with Gasteiger partial charge in [-0.3, -0.25) is 4.90 Å². The minimum atomic E-state index is 0.623. The van der Waals surface area contributed by atoms with Gasteiger partial charge >= 0.3 is 0 Å². The molecule has 0 heterocycles. The molecule has 0 aliphatic rings. The van der Waals surface area contributed by atoms with Crippen molar-refractivity contribution in [2.45, 2.75) is 20.8 Å². The van der Waals surface area contributed by atoms with E-state index < -0.39 is 0 Å². The van der Waals surface area contributed by atoms with Crippen LogP contribution in [0.3, 0.4) is 0 Å². The van der Waals surface area contributed by atoms with Gasteiger partial charge in [-0.05, 0) is 57.2 Å². The molecule has 0 amide bonds. The molecule has 0 aliphatic carbocycles. The van der Waals surface area contributed by atoms with Crippen LogP contribution in [0.25, 0.3) is 0 Å². The van der Waals surface area contributed by atoms with E-state index in [-0.39, 0.29) is 0 Å². The smallest absolute Gasteiger partial charge is 0.119 e. The molecule has 0 aromatic heterocycles. The summed E-state index contributed by atoms with van der Waals surface area (Å²) < 4.78 is 17.8. The Hall–Kier alpha value is -2.98. The van der Waals surface area contributed by atoms with Gasteiger partial charge < -0.3 is 14.2 Å². The molecule has 0 bridgehead atoms. The molecule has 3 aromatic rings. The van der Waals surface area contributed by atoms with Crippen molar-refractivity contribution in [2.24, 2.45) is 0 Å². The van der Waals surface area contributed by atoms with Crippen LogP contribution in [0.2, 0.25) is 0 Å². The predicted molar refractivity (Wildman–Crippen MR) is 126 cm³/mol. The topological polar surface area (TPSA) is 30.9 Å². The molecule has 4 heteroatoms. The summed E-state index contributed by atoms with van der Waals surface area (Å²) >= 11 is 0. The minimum Gasteiger partial charge on any atom is -0.492 e. The fourth-order valence-corrected chi connectivity index (χ4v) is 3.12. The molecule has 0 saturated carbocycles. The maximum atomic E-state index is 5.92. The van der Waals surface area contributed by atoms with Crippen molar-refractivity contribution in [2.75, 3.05) is 39.5 Å². The summed E-state index contributed by atoms with van der Waals surface area (Å²) in [4.78, 5) is 2.32. The Morgan fingerprint density at radius 1 is 0.452 bits per heavy atom. The summed E-state index contributed by atoms with van der Waals surface area (Å²) in [5.41, 5.74) is 3.70. The fraction of sp³-hybridized carbons (Fsp3) is 0.333. The molecule has 3 aromatic carbocycles. The first-order valence-corrected chi connectivity index (χ1v) is 10.9. The van der Waals surface area contributed by atoms with Gasteiger partial charge in [-0.25, -0.2) is 0 Å². The summed E-state index contributed by atoms with van der Waals surface area (Å²) in [6.45, 7) is 10.5. The summed E-state index contributed by atoms with van der Waals surface area (Å²) in [5, 5.41) is 0. The van der Waals surface area contributed by atoms with Crippen molar-refractivity contribution in [3.05, 3.63) is 89.5 Å². The van der Waals surface area contributed by atoms with Crippen LogP contribution < -0.4 is 14.2 Å². The quantitative estimate of drug-likeness (QED) is 0.391. The fourth-order valence-electron chi connectivity index (χ4n) is 3.12. The van der Waals surface area contributed by atoms with Gasteiger partial charge in [0.2, 0.25) is 0 Å². The van der Waals surface area contributed by atoms with Gasteiger partial charge in [0.1, 0.15) is 37.1 Å². The lowest BCUT2D eigenvalue weighted by Crippen LogP contribution is -2.35. The Morgan fingerprint density at radius 2 is 0.710 bits per heavy atom. The molecule has 0 N–H and O–H groups in total. The van der Waals surface area contributed by atoms with Crippen LogP contribution in [0.1, 0.15) is 16.7 Å². The molecular weight excluding hydrogens is 386 g/mol. The Morgan fingerprint density at radius 3 is 0.968 bits per heavy atom. The van der Waals surface area contributed by atoms with Crippen LogP contribution in [0.4, 0.5) is 0 Å². The van der Waals surface area contributed by atoms with Crippen molar-refractivity contribution in [3.8, 4) is 17.2 Å². The lowest BCUT2D eigenvalue weighted by atomic mass is 10.2. The molecule has 0 saturated heterocycles. The van der Waals surface area contributed by atoms with E-state index in [0.717, 1.165) is 36.9 Å². The number of hydrogen-bond acceptors (Lipinski definition) is 4. The van der Waals surface area contributed by atoms with Gasteiger partial charge in [-0.1, -0.05) is 53.1 Å². The maximum absolute atomic E-state index is 5.92. The average molecular weight is 420 g/mol. The van der Waals surface area contributed by atoms with Gasteiger partial charge in [-0.15, -0.1) is 0 Å². The molecule has 0 atom stereocenters. The largest absolute Gasteiger partial charge is 0.492 e. The second kappa shape index (κ2) is 12.0. The first-order chi connectivity index (χ1) is 15.1. The van der Waals surface area contributed by atoms with Crippen molar-refractivity contribution in [1.29, 1.82) is 0 Å². The van der Waals surface area contributed by atoms with Crippen molar-refractivity contribution < 1.29 is 14.2 Å². The normalized spacial score (nSPS) is 10.8. The number of benzene rings is 3. The first-order valence-electron chi connectivity index (χ1n) is 10.9. The highest BCUT2D eigenvalue weighted by Gasteiger charge is 2.07. The second-order valence-electron chi connectivity index (χ2n) is 7.83. The molecule has 0 fully saturated rings. The number of ether oxygens (including phenoxy) is 3. The van der Waals surface area contributed by atoms with Crippen molar-refractivity contribution >= 4 is 0 Å². The molecule has 0 aliphatic heterocycles. The number of hydrogen-bond donors (Lipinski definition) is 0. The third kappa shape index (κ3) is 8.35. The Labute approximate surface area is 186 Å². The Balaban J connectivity index is 1.47. The van der Waals surface area contributed by atoms with Crippen LogP contribution >= 0.6 is 0 Å². The molecular formula is C27H33NO3. The predicted octanol–water partition coefficient (Wildman–Crippen LogP) is 5.45. The summed E-state index contributed by atoms with van der Waals surface area (Å²) in [5.74, 6) is 2.70. The van der Waals surface area contributed by atoms with Gasteiger partial charge in [0.15, 0.2) is 0 Å². The first kappa shape index (κ1) is 22.7. The van der Waals surface area contributed by atoms with Crippen LogP contribution in [-0.4, -0.2) is 44.4 Å². The highest BCUT2D eigenvalue weighted by molar-refractivity contribution is 5.27. The zero-order chi connectivity index (χ0) is 21.9. The van der Waals surface area contributed by atoms with E-state index in [1.165, 1.54) is 16.7 Å². The molecule has 4 nitrogen and oxygen atoms in total. The average Bonchev–Trinajstić information content (AvgIpc) is 2.77. The molecule has 31 heavy (non-hydrogen) atoms. The molecule has 0 radical (unpaired) electrons.